The minimum atomic E-state index is -0.340. The fourth-order valence-electron chi connectivity index (χ4n) is 3.30. The fraction of sp³-hybridized carbons (Fsp3) is 0.467. The topological polar surface area (TPSA) is 37.2 Å². The van der Waals surface area contributed by atoms with Crippen LogP contribution in [0.25, 0.3) is 10.9 Å². The molecule has 3 heteroatoms. The molecule has 1 aromatic carbocycles. The molecule has 0 spiro atoms. The van der Waals surface area contributed by atoms with Gasteiger partial charge in [-0.25, -0.2) is 0 Å². The Kier molecular flexibility index (Phi) is 2.88. The van der Waals surface area contributed by atoms with E-state index in [1.807, 2.05) is 7.05 Å². The quantitative estimate of drug-likeness (QED) is 0.847. The van der Waals surface area contributed by atoms with Gasteiger partial charge in [0.2, 0.25) is 0 Å². The van der Waals surface area contributed by atoms with Gasteiger partial charge in [-0.3, -0.25) is 0 Å². The van der Waals surface area contributed by atoms with Crippen LogP contribution in [0.15, 0.2) is 24.3 Å². The van der Waals surface area contributed by atoms with Crippen molar-refractivity contribution in [1.82, 2.24) is 9.88 Å². The lowest BCUT2D eigenvalue weighted by Gasteiger charge is -2.28. The number of aromatic nitrogens is 1. The number of aliphatic hydroxyl groups excluding tert-OH is 1. The molecule has 2 N–H and O–H groups in total. The summed E-state index contributed by atoms with van der Waals surface area (Å²) in [6.45, 7) is 0.879. The van der Waals surface area contributed by atoms with Crippen LogP contribution in [0.2, 0.25) is 0 Å². The second kappa shape index (κ2) is 4.41. The number of nitrogens with one attached hydrogen (secondary N) is 1. The Bertz CT molecular complexity index is 573. The lowest BCUT2D eigenvalue weighted by Crippen LogP contribution is -2.29. The molecule has 3 rings (SSSR count). The van der Waals surface area contributed by atoms with Crippen molar-refractivity contribution in [3.63, 3.8) is 0 Å². The molecule has 0 radical (unpaired) electrons. The molecule has 0 saturated carbocycles. The van der Waals surface area contributed by atoms with E-state index in [9.17, 15) is 5.11 Å². The van der Waals surface area contributed by atoms with Crippen molar-refractivity contribution in [3.8, 4) is 0 Å². The van der Waals surface area contributed by atoms with Crippen molar-refractivity contribution in [3.05, 3.63) is 35.5 Å². The van der Waals surface area contributed by atoms with Gasteiger partial charge in [-0.2, -0.15) is 0 Å². The Hall–Kier alpha value is -1.32. The molecule has 2 aromatic rings. The Morgan fingerprint density at radius 1 is 1.39 bits per heavy atom. The monoisotopic (exact) mass is 244 g/mol. The summed E-state index contributed by atoms with van der Waals surface area (Å²) in [5, 5.41) is 15.0. The second-order valence-corrected chi connectivity index (χ2v) is 5.24. The Morgan fingerprint density at radius 2 is 2.17 bits per heavy atom. The summed E-state index contributed by atoms with van der Waals surface area (Å²) < 4.78 is 2.24. The summed E-state index contributed by atoms with van der Waals surface area (Å²) in [4.78, 5) is 0. The van der Waals surface area contributed by atoms with E-state index < -0.39 is 0 Å². The highest BCUT2D eigenvalue weighted by atomic mass is 16.3. The van der Waals surface area contributed by atoms with Crippen molar-refractivity contribution in [2.45, 2.75) is 18.9 Å². The van der Waals surface area contributed by atoms with Crippen molar-refractivity contribution >= 4 is 10.9 Å². The third-order valence-electron chi connectivity index (χ3n) is 4.23. The van der Waals surface area contributed by atoms with E-state index in [0.29, 0.717) is 5.92 Å². The number of hydrogen-bond acceptors (Lipinski definition) is 2. The van der Waals surface area contributed by atoms with Crippen LogP contribution >= 0.6 is 0 Å². The highest BCUT2D eigenvalue weighted by Gasteiger charge is 2.31. The van der Waals surface area contributed by atoms with Crippen LogP contribution in [0.1, 0.15) is 23.8 Å². The predicted molar refractivity (Wildman–Crippen MR) is 73.6 cm³/mol. The maximum absolute atomic E-state index is 10.6. The van der Waals surface area contributed by atoms with Gasteiger partial charge < -0.3 is 15.0 Å². The average molecular weight is 244 g/mol. The zero-order chi connectivity index (χ0) is 12.7. The predicted octanol–water partition coefficient (Wildman–Crippen LogP) is 1.99. The standard InChI is InChI=1S/C15H20N2O/c1-16-9-10-7-8-13-14(15(10)18)11-5-3-4-6-12(11)17(13)2/h3-6,10,15-16,18H,7-9H2,1-2H3. The minimum Gasteiger partial charge on any atom is -0.388 e. The SMILES string of the molecule is CNCC1CCc2c(c3ccccc3n2C)C1O. The zero-order valence-electron chi connectivity index (χ0n) is 11.0. The highest BCUT2D eigenvalue weighted by molar-refractivity contribution is 5.86. The third kappa shape index (κ3) is 1.58. The van der Waals surface area contributed by atoms with Crippen molar-refractivity contribution in [1.29, 1.82) is 0 Å². The van der Waals surface area contributed by atoms with Crippen LogP contribution in [0.3, 0.4) is 0 Å². The highest BCUT2D eigenvalue weighted by Crippen LogP contribution is 2.39. The van der Waals surface area contributed by atoms with Crippen LogP contribution in [0.4, 0.5) is 0 Å². The fourth-order valence-corrected chi connectivity index (χ4v) is 3.30. The largest absolute Gasteiger partial charge is 0.388 e. The molecule has 1 aliphatic carbocycles. The molecule has 2 unspecified atom stereocenters. The lowest BCUT2D eigenvalue weighted by molar-refractivity contribution is 0.0946. The molecule has 1 aromatic heterocycles. The molecule has 2 atom stereocenters. The van der Waals surface area contributed by atoms with Crippen LogP contribution in [0, 0.1) is 5.92 Å². The van der Waals surface area contributed by atoms with E-state index in [4.69, 9.17) is 0 Å². The van der Waals surface area contributed by atoms with E-state index in [1.54, 1.807) is 0 Å². The minimum absolute atomic E-state index is 0.327. The van der Waals surface area contributed by atoms with Crippen molar-refractivity contribution in [2.75, 3.05) is 13.6 Å². The maximum Gasteiger partial charge on any atom is 0.0853 e. The van der Waals surface area contributed by atoms with Crippen LogP contribution in [-0.4, -0.2) is 23.3 Å². The Labute approximate surface area is 107 Å². The molecular formula is C15H20N2O. The normalized spacial score (nSPS) is 23.3. The Morgan fingerprint density at radius 3 is 2.94 bits per heavy atom. The van der Waals surface area contributed by atoms with E-state index in [0.717, 1.165) is 24.9 Å². The molecule has 18 heavy (non-hydrogen) atoms. The molecular weight excluding hydrogens is 224 g/mol. The molecule has 3 nitrogen and oxygen atoms in total. The molecule has 1 heterocycles. The molecule has 0 bridgehead atoms. The third-order valence-corrected chi connectivity index (χ3v) is 4.23. The molecule has 0 aliphatic heterocycles. The van der Waals surface area contributed by atoms with E-state index in [-0.39, 0.29) is 6.10 Å². The van der Waals surface area contributed by atoms with Crippen LogP contribution in [0.5, 0.6) is 0 Å². The summed E-state index contributed by atoms with van der Waals surface area (Å²) in [6, 6.07) is 8.37. The van der Waals surface area contributed by atoms with Gasteiger partial charge in [-0.15, -0.1) is 0 Å². The first-order valence-corrected chi connectivity index (χ1v) is 6.63. The number of aliphatic hydroxyl groups is 1. The summed E-state index contributed by atoms with van der Waals surface area (Å²) in [7, 11) is 4.05. The molecule has 0 fully saturated rings. The van der Waals surface area contributed by atoms with Crippen molar-refractivity contribution < 1.29 is 5.11 Å². The van der Waals surface area contributed by atoms with Gasteiger partial charge in [-0.05, 0) is 26.0 Å². The summed E-state index contributed by atoms with van der Waals surface area (Å²) in [5.41, 5.74) is 3.68. The Balaban J connectivity index is 2.16. The number of para-hydroxylation sites is 1. The first-order chi connectivity index (χ1) is 8.74. The van der Waals surface area contributed by atoms with Gasteiger partial charge in [0.25, 0.3) is 0 Å². The number of aryl methyl sites for hydroxylation is 1. The first kappa shape index (κ1) is 11.8. The van der Waals surface area contributed by atoms with Gasteiger partial charge in [0.15, 0.2) is 0 Å². The van der Waals surface area contributed by atoms with Crippen LogP contribution in [-0.2, 0) is 13.5 Å². The number of nitrogens with zero attached hydrogens (tertiary/aromatic N) is 1. The van der Waals surface area contributed by atoms with Gasteiger partial charge >= 0.3 is 0 Å². The van der Waals surface area contributed by atoms with E-state index >= 15 is 0 Å². The van der Waals surface area contributed by atoms with Crippen LogP contribution < -0.4 is 5.32 Å². The molecule has 0 saturated heterocycles. The smallest absolute Gasteiger partial charge is 0.0853 e. The molecule has 0 amide bonds. The van der Waals surface area contributed by atoms with Gasteiger partial charge in [0, 0.05) is 41.7 Å². The number of rotatable bonds is 2. The number of hydrogen-bond donors (Lipinski definition) is 2. The molecule has 96 valence electrons. The maximum atomic E-state index is 10.6. The first-order valence-electron chi connectivity index (χ1n) is 6.63. The van der Waals surface area contributed by atoms with Gasteiger partial charge in [-0.1, -0.05) is 18.2 Å². The average Bonchev–Trinajstić information content (AvgIpc) is 2.68. The van der Waals surface area contributed by atoms with E-state index in [1.165, 1.54) is 16.6 Å². The number of benzene rings is 1. The van der Waals surface area contributed by atoms with Gasteiger partial charge in [0.05, 0.1) is 6.10 Å². The summed E-state index contributed by atoms with van der Waals surface area (Å²) in [5.74, 6) is 0.327. The van der Waals surface area contributed by atoms with Gasteiger partial charge in [0.1, 0.15) is 0 Å². The summed E-state index contributed by atoms with van der Waals surface area (Å²) >= 11 is 0. The molecule has 1 aliphatic rings. The zero-order valence-corrected chi connectivity index (χ0v) is 11.0. The second-order valence-electron chi connectivity index (χ2n) is 5.24. The van der Waals surface area contributed by atoms with E-state index in [2.05, 4.69) is 41.2 Å². The lowest BCUT2D eigenvalue weighted by atomic mass is 9.83. The summed E-state index contributed by atoms with van der Waals surface area (Å²) in [6.07, 6.45) is 1.77. The van der Waals surface area contributed by atoms with Crippen molar-refractivity contribution in [2.24, 2.45) is 13.0 Å². The number of fused-ring (bicyclic) bond motifs is 3.